The number of hydrogen-bond donors (Lipinski definition) is 0. The van der Waals surface area contributed by atoms with Crippen LogP contribution in [0.4, 0.5) is 10.1 Å². The zero-order valence-electron chi connectivity index (χ0n) is 11.0. The first-order valence-corrected chi connectivity index (χ1v) is 7.04. The van der Waals surface area contributed by atoms with Crippen molar-refractivity contribution < 1.29 is 9.18 Å². The predicted octanol–water partition coefficient (Wildman–Crippen LogP) is 4.11. The number of aldehydes is 1. The van der Waals surface area contributed by atoms with E-state index in [1.165, 1.54) is 6.07 Å². The number of carbonyl (C=O) groups excluding carboxylic acids is 1. The van der Waals surface area contributed by atoms with Crippen LogP contribution in [0.2, 0.25) is 0 Å². The monoisotopic (exact) mass is 277 g/mol. The molecule has 2 nitrogen and oxygen atoms in total. The molecule has 0 bridgehead atoms. The molecular weight excluding hydrogens is 261 g/mol. The fourth-order valence-electron chi connectivity index (χ4n) is 2.02. The Balaban J connectivity index is 2.42. The van der Waals surface area contributed by atoms with Crippen LogP contribution >= 0.6 is 11.3 Å². The summed E-state index contributed by atoms with van der Waals surface area (Å²) in [4.78, 5) is 14.2. The maximum atomic E-state index is 14.1. The molecule has 0 saturated heterocycles. The van der Waals surface area contributed by atoms with Crippen molar-refractivity contribution in [1.82, 2.24) is 0 Å². The summed E-state index contributed by atoms with van der Waals surface area (Å²) >= 11 is 1.63. The van der Waals surface area contributed by atoms with Crippen molar-refractivity contribution in [2.75, 3.05) is 4.90 Å². The largest absolute Gasteiger partial charge is 0.361 e. The molecule has 1 heterocycles. The van der Waals surface area contributed by atoms with Gasteiger partial charge in [-0.3, -0.25) is 4.79 Å². The molecule has 1 aromatic carbocycles. The molecule has 0 aliphatic rings. The maximum absolute atomic E-state index is 14.1. The van der Waals surface area contributed by atoms with Gasteiger partial charge in [0.15, 0.2) is 6.29 Å². The minimum Gasteiger partial charge on any atom is -0.361 e. The molecule has 1 aromatic heterocycles. The molecular formula is C15H16FNOS. The quantitative estimate of drug-likeness (QED) is 0.766. The van der Waals surface area contributed by atoms with Crippen molar-refractivity contribution in [1.29, 1.82) is 0 Å². The Morgan fingerprint density at radius 2 is 2.11 bits per heavy atom. The highest BCUT2D eigenvalue weighted by Crippen LogP contribution is 2.28. The Morgan fingerprint density at radius 1 is 1.32 bits per heavy atom. The molecule has 0 unspecified atom stereocenters. The molecule has 0 atom stereocenters. The van der Waals surface area contributed by atoms with Crippen LogP contribution in [0.25, 0.3) is 0 Å². The van der Waals surface area contributed by atoms with E-state index >= 15 is 0 Å². The van der Waals surface area contributed by atoms with Gasteiger partial charge in [0.05, 0.1) is 12.2 Å². The van der Waals surface area contributed by atoms with E-state index in [0.717, 1.165) is 4.88 Å². The van der Waals surface area contributed by atoms with Crippen molar-refractivity contribution in [3.8, 4) is 0 Å². The van der Waals surface area contributed by atoms with E-state index in [1.54, 1.807) is 23.5 Å². The van der Waals surface area contributed by atoms with Crippen LogP contribution in [-0.4, -0.2) is 12.3 Å². The Kier molecular flexibility index (Phi) is 4.32. The summed E-state index contributed by atoms with van der Waals surface area (Å²) in [5.74, 6) is -0.352. The molecule has 0 saturated carbocycles. The third kappa shape index (κ3) is 3.01. The van der Waals surface area contributed by atoms with Gasteiger partial charge in [-0.1, -0.05) is 12.1 Å². The van der Waals surface area contributed by atoms with E-state index in [2.05, 4.69) is 0 Å². The molecule has 0 amide bonds. The van der Waals surface area contributed by atoms with Gasteiger partial charge in [-0.2, -0.15) is 0 Å². The smallest absolute Gasteiger partial charge is 0.152 e. The summed E-state index contributed by atoms with van der Waals surface area (Å²) < 4.78 is 14.1. The number of thiophene rings is 1. The molecule has 0 N–H and O–H groups in total. The molecule has 0 spiro atoms. The highest BCUT2D eigenvalue weighted by atomic mass is 32.1. The van der Waals surface area contributed by atoms with Gasteiger partial charge in [-0.15, -0.1) is 11.3 Å². The molecule has 19 heavy (non-hydrogen) atoms. The summed E-state index contributed by atoms with van der Waals surface area (Å²) in [6, 6.07) is 8.70. The van der Waals surface area contributed by atoms with E-state index in [-0.39, 0.29) is 11.9 Å². The van der Waals surface area contributed by atoms with Crippen LogP contribution in [0.3, 0.4) is 0 Å². The number of rotatable bonds is 5. The van der Waals surface area contributed by atoms with Gasteiger partial charge in [-0.25, -0.2) is 4.39 Å². The van der Waals surface area contributed by atoms with Crippen molar-refractivity contribution in [3.63, 3.8) is 0 Å². The van der Waals surface area contributed by atoms with Crippen LogP contribution in [-0.2, 0) is 6.54 Å². The Bertz CT molecular complexity index is 551. The summed E-state index contributed by atoms with van der Waals surface area (Å²) in [5.41, 5.74) is 0.783. The summed E-state index contributed by atoms with van der Waals surface area (Å²) in [5, 5.41) is 2.00. The highest BCUT2D eigenvalue weighted by Gasteiger charge is 2.19. The Hall–Kier alpha value is -1.68. The molecule has 0 fully saturated rings. The fraction of sp³-hybridized carbons (Fsp3) is 0.267. The Labute approximate surface area is 116 Å². The van der Waals surface area contributed by atoms with Crippen molar-refractivity contribution in [2.24, 2.45) is 0 Å². The second kappa shape index (κ2) is 5.97. The summed E-state index contributed by atoms with van der Waals surface area (Å²) in [7, 11) is 0. The number of halogens is 1. The number of hydrogen-bond acceptors (Lipinski definition) is 3. The van der Waals surface area contributed by atoms with Crippen molar-refractivity contribution in [2.45, 2.75) is 26.4 Å². The molecule has 2 aromatic rings. The molecule has 0 aliphatic heterocycles. The average molecular weight is 277 g/mol. The van der Waals surface area contributed by atoms with E-state index in [9.17, 15) is 9.18 Å². The minimum atomic E-state index is -0.352. The first kappa shape index (κ1) is 13.7. The van der Waals surface area contributed by atoms with Gasteiger partial charge in [0.2, 0.25) is 0 Å². The number of benzene rings is 1. The van der Waals surface area contributed by atoms with Gasteiger partial charge < -0.3 is 4.90 Å². The summed E-state index contributed by atoms with van der Waals surface area (Å²) in [6.45, 7) is 4.60. The first-order valence-electron chi connectivity index (χ1n) is 6.16. The molecule has 0 radical (unpaired) electrons. The lowest BCUT2D eigenvalue weighted by Gasteiger charge is -2.30. The third-order valence-electron chi connectivity index (χ3n) is 2.96. The van der Waals surface area contributed by atoms with E-state index in [1.807, 2.05) is 36.3 Å². The lowest BCUT2D eigenvalue weighted by atomic mass is 10.1. The second-order valence-corrected chi connectivity index (χ2v) is 5.63. The predicted molar refractivity (Wildman–Crippen MR) is 77.4 cm³/mol. The second-order valence-electron chi connectivity index (χ2n) is 4.60. The normalized spacial score (nSPS) is 10.7. The van der Waals surface area contributed by atoms with E-state index in [4.69, 9.17) is 0 Å². The van der Waals surface area contributed by atoms with Crippen LogP contribution in [0, 0.1) is 5.82 Å². The SMILES string of the molecule is CC(C)N(Cc1cccs1)c1c(F)cccc1C=O. The fourth-order valence-corrected chi connectivity index (χ4v) is 2.72. The number of para-hydroxylation sites is 1. The highest BCUT2D eigenvalue weighted by molar-refractivity contribution is 7.09. The van der Waals surface area contributed by atoms with Gasteiger partial charge in [0, 0.05) is 16.5 Å². The van der Waals surface area contributed by atoms with Crippen molar-refractivity contribution in [3.05, 3.63) is 52.0 Å². The third-order valence-corrected chi connectivity index (χ3v) is 3.82. The zero-order chi connectivity index (χ0) is 13.8. The zero-order valence-corrected chi connectivity index (χ0v) is 11.8. The number of carbonyl (C=O) groups is 1. The Morgan fingerprint density at radius 3 is 2.68 bits per heavy atom. The first-order chi connectivity index (χ1) is 9.13. The molecule has 2 rings (SSSR count). The van der Waals surface area contributed by atoms with Crippen LogP contribution in [0.5, 0.6) is 0 Å². The van der Waals surface area contributed by atoms with Crippen LogP contribution < -0.4 is 4.90 Å². The van der Waals surface area contributed by atoms with Crippen molar-refractivity contribution >= 4 is 23.3 Å². The number of anilines is 1. The van der Waals surface area contributed by atoms with E-state index in [0.29, 0.717) is 24.1 Å². The topological polar surface area (TPSA) is 20.3 Å². The number of nitrogens with zero attached hydrogens (tertiary/aromatic N) is 1. The average Bonchev–Trinajstić information content (AvgIpc) is 2.89. The lowest BCUT2D eigenvalue weighted by molar-refractivity contribution is 0.112. The molecule has 100 valence electrons. The minimum absolute atomic E-state index is 0.109. The standard InChI is InChI=1S/C15H16FNOS/c1-11(2)17(9-13-6-4-8-19-13)15-12(10-18)5-3-7-14(15)16/h3-8,10-11H,9H2,1-2H3. The summed E-state index contributed by atoms with van der Waals surface area (Å²) in [6.07, 6.45) is 0.711. The van der Waals surface area contributed by atoms with Crippen LogP contribution in [0.15, 0.2) is 35.7 Å². The van der Waals surface area contributed by atoms with Gasteiger partial charge in [0.25, 0.3) is 0 Å². The molecule has 0 aliphatic carbocycles. The maximum Gasteiger partial charge on any atom is 0.152 e. The molecule has 4 heteroatoms. The van der Waals surface area contributed by atoms with Crippen LogP contribution in [0.1, 0.15) is 29.1 Å². The van der Waals surface area contributed by atoms with Gasteiger partial charge >= 0.3 is 0 Å². The van der Waals surface area contributed by atoms with E-state index < -0.39 is 0 Å². The lowest BCUT2D eigenvalue weighted by Crippen LogP contribution is -2.31. The van der Waals surface area contributed by atoms with Gasteiger partial charge in [0.1, 0.15) is 5.82 Å². The van der Waals surface area contributed by atoms with Gasteiger partial charge in [-0.05, 0) is 37.4 Å².